The van der Waals surface area contributed by atoms with E-state index in [1.165, 1.54) is 6.07 Å². The van der Waals surface area contributed by atoms with Crippen molar-refractivity contribution in [2.45, 2.75) is 6.54 Å². The molecule has 3 heterocycles. The normalized spacial score (nSPS) is 15.6. The zero-order valence-corrected chi connectivity index (χ0v) is 19.4. The first-order chi connectivity index (χ1) is 15.1. The molecule has 0 spiro atoms. The third-order valence-corrected chi connectivity index (χ3v) is 6.94. The molecule has 0 N–H and O–H groups in total. The first-order valence-corrected chi connectivity index (χ1v) is 12.6. The van der Waals surface area contributed by atoms with Crippen molar-refractivity contribution in [1.29, 1.82) is 0 Å². The van der Waals surface area contributed by atoms with Crippen molar-refractivity contribution in [3.8, 4) is 11.3 Å². The third-order valence-electron chi connectivity index (χ3n) is 5.24. The molecule has 0 amide bonds. The first kappa shape index (κ1) is 20.2. The number of aliphatic imine (C=N–C) groups is 1. The van der Waals surface area contributed by atoms with Crippen LogP contribution < -0.4 is 4.90 Å². The summed E-state index contributed by atoms with van der Waals surface area (Å²) < 4.78 is 21.4. The Bertz CT molecular complexity index is 1210. The largest absolute Gasteiger partial charge is 0.459 e. The lowest BCUT2D eigenvalue weighted by molar-refractivity contribution is 0.416. The van der Waals surface area contributed by atoms with Crippen molar-refractivity contribution in [2.75, 3.05) is 18.2 Å². The molecule has 0 saturated carbocycles. The number of halogens is 2. The SMILES string of the molecule is CP1C=CN(Cc2ccc(-c3ccc4c(c3)C=NCN4c3ccc(Br)cc3F)o2)C=C1. The zero-order chi connectivity index (χ0) is 21.4. The van der Waals surface area contributed by atoms with Crippen molar-refractivity contribution in [3.63, 3.8) is 0 Å². The van der Waals surface area contributed by atoms with Crippen LogP contribution in [-0.4, -0.2) is 24.4 Å². The van der Waals surface area contributed by atoms with Gasteiger partial charge in [0.15, 0.2) is 0 Å². The van der Waals surface area contributed by atoms with Gasteiger partial charge in [-0.2, -0.15) is 0 Å². The molecule has 0 bridgehead atoms. The van der Waals surface area contributed by atoms with E-state index in [1.54, 1.807) is 6.07 Å². The fourth-order valence-electron chi connectivity index (χ4n) is 3.64. The van der Waals surface area contributed by atoms with Crippen LogP contribution >= 0.6 is 23.9 Å². The van der Waals surface area contributed by atoms with E-state index in [2.05, 4.69) is 56.5 Å². The Hall–Kier alpha value is -2.69. The van der Waals surface area contributed by atoms with Crippen molar-refractivity contribution >= 4 is 41.4 Å². The number of rotatable bonds is 4. The minimum absolute atomic E-state index is 0.129. The van der Waals surface area contributed by atoms with Crippen molar-refractivity contribution < 1.29 is 8.81 Å². The number of benzene rings is 2. The third kappa shape index (κ3) is 4.23. The lowest BCUT2D eigenvalue weighted by atomic mass is 10.0. The van der Waals surface area contributed by atoms with E-state index in [-0.39, 0.29) is 13.7 Å². The van der Waals surface area contributed by atoms with Gasteiger partial charge in [-0.15, -0.1) is 0 Å². The first-order valence-electron chi connectivity index (χ1n) is 9.87. The average molecular weight is 496 g/mol. The fourth-order valence-corrected chi connectivity index (χ4v) is 4.84. The predicted molar refractivity (Wildman–Crippen MR) is 130 cm³/mol. The smallest absolute Gasteiger partial charge is 0.148 e. The molecule has 0 atom stereocenters. The highest BCUT2D eigenvalue weighted by molar-refractivity contribution is 9.10. The molecule has 31 heavy (non-hydrogen) atoms. The quantitative estimate of drug-likeness (QED) is 0.357. The van der Waals surface area contributed by atoms with Crippen LogP contribution in [0.5, 0.6) is 0 Å². The molecule has 156 valence electrons. The number of nitrogens with zero attached hydrogens (tertiary/aromatic N) is 3. The van der Waals surface area contributed by atoms with Crippen LogP contribution in [0.1, 0.15) is 11.3 Å². The highest BCUT2D eigenvalue weighted by atomic mass is 79.9. The van der Waals surface area contributed by atoms with E-state index in [1.807, 2.05) is 47.5 Å². The minimum Gasteiger partial charge on any atom is -0.459 e. The molecule has 0 unspecified atom stereocenters. The van der Waals surface area contributed by atoms with Crippen LogP contribution in [-0.2, 0) is 6.54 Å². The van der Waals surface area contributed by atoms with Gasteiger partial charge in [-0.05, 0) is 66.8 Å². The van der Waals surface area contributed by atoms with Gasteiger partial charge in [-0.3, -0.25) is 4.99 Å². The molecular weight excluding hydrogens is 476 g/mol. The summed E-state index contributed by atoms with van der Waals surface area (Å²) in [6, 6.07) is 15.1. The molecule has 2 aliphatic rings. The van der Waals surface area contributed by atoms with Crippen LogP contribution in [0, 0.1) is 5.82 Å². The Kier molecular flexibility index (Phi) is 5.51. The molecule has 5 rings (SSSR count). The second-order valence-electron chi connectivity index (χ2n) is 7.45. The maximum atomic E-state index is 14.5. The molecule has 7 heteroatoms. The topological polar surface area (TPSA) is 32.0 Å². The van der Waals surface area contributed by atoms with Crippen LogP contribution in [0.15, 0.2) is 86.4 Å². The maximum absolute atomic E-state index is 14.5. The Morgan fingerprint density at radius 3 is 2.68 bits per heavy atom. The van der Waals surface area contributed by atoms with Gasteiger partial charge in [0.2, 0.25) is 0 Å². The summed E-state index contributed by atoms with van der Waals surface area (Å²) in [4.78, 5) is 8.44. The summed E-state index contributed by atoms with van der Waals surface area (Å²) >= 11 is 3.32. The van der Waals surface area contributed by atoms with E-state index in [9.17, 15) is 4.39 Å². The number of fused-ring (bicyclic) bond motifs is 1. The van der Waals surface area contributed by atoms with Gasteiger partial charge in [0, 0.05) is 34.2 Å². The summed E-state index contributed by atoms with van der Waals surface area (Å²) in [6.07, 6.45) is 6.06. The van der Waals surface area contributed by atoms with E-state index in [0.717, 1.165) is 28.3 Å². The number of anilines is 2. The van der Waals surface area contributed by atoms with Gasteiger partial charge >= 0.3 is 0 Å². The lowest BCUT2D eigenvalue weighted by Gasteiger charge is -2.28. The van der Waals surface area contributed by atoms with Crippen LogP contribution in [0.25, 0.3) is 11.3 Å². The summed E-state index contributed by atoms with van der Waals surface area (Å²) in [5, 5.41) is 0. The van der Waals surface area contributed by atoms with Crippen LogP contribution in [0.2, 0.25) is 0 Å². The van der Waals surface area contributed by atoms with E-state index < -0.39 is 0 Å². The number of hydrogen-bond donors (Lipinski definition) is 0. The second-order valence-corrected chi connectivity index (χ2v) is 10.3. The number of hydrogen-bond acceptors (Lipinski definition) is 4. The average Bonchev–Trinajstić information content (AvgIpc) is 3.23. The zero-order valence-electron chi connectivity index (χ0n) is 16.9. The summed E-state index contributed by atoms with van der Waals surface area (Å²) in [6.45, 7) is 3.29. The van der Waals surface area contributed by atoms with Gasteiger partial charge in [-0.1, -0.05) is 23.9 Å². The van der Waals surface area contributed by atoms with Crippen LogP contribution in [0.3, 0.4) is 0 Å². The van der Waals surface area contributed by atoms with Gasteiger partial charge in [0.25, 0.3) is 0 Å². The van der Waals surface area contributed by atoms with Crippen LogP contribution in [0.4, 0.5) is 15.8 Å². The van der Waals surface area contributed by atoms with Gasteiger partial charge in [0.05, 0.1) is 17.9 Å². The van der Waals surface area contributed by atoms with E-state index >= 15 is 0 Å². The van der Waals surface area contributed by atoms with E-state index in [0.29, 0.717) is 23.4 Å². The summed E-state index contributed by atoms with van der Waals surface area (Å²) in [7, 11) is -0.129. The van der Waals surface area contributed by atoms with Gasteiger partial charge < -0.3 is 14.2 Å². The lowest BCUT2D eigenvalue weighted by Crippen LogP contribution is -2.22. The molecule has 0 aliphatic carbocycles. The summed E-state index contributed by atoms with van der Waals surface area (Å²) in [5.41, 5.74) is 3.33. The van der Waals surface area contributed by atoms with E-state index in [4.69, 9.17) is 4.42 Å². The highest BCUT2D eigenvalue weighted by Crippen LogP contribution is 2.38. The molecule has 3 aromatic rings. The molecular formula is C24H20BrFN3OP. The Balaban J connectivity index is 1.39. The molecule has 2 aromatic carbocycles. The van der Waals surface area contributed by atoms with Crippen molar-refractivity contribution in [3.05, 3.63) is 94.2 Å². The highest BCUT2D eigenvalue weighted by Gasteiger charge is 2.20. The van der Waals surface area contributed by atoms with Gasteiger partial charge in [0.1, 0.15) is 24.0 Å². The Labute approximate surface area is 190 Å². The van der Waals surface area contributed by atoms with Gasteiger partial charge in [-0.25, -0.2) is 4.39 Å². The van der Waals surface area contributed by atoms with Crippen molar-refractivity contribution in [2.24, 2.45) is 4.99 Å². The fraction of sp³-hybridized carbons (Fsp3) is 0.125. The van der Waals surface area contributed by atoms with Crippen molar-refractivity contribution in [1.82, 2.24) is 4.90 Å². The molecule has 1 aromatic heterocycles. The number of furan rings is 1. The standard InChI is InChI=1S/C24H20BrFN3OP/c1-31-10-8-28(9-11-31)15-20-4-7-24(30-20)17-2-5-22-18(12-17)14-27-16-29(22)23-6-3-19(25)13-21(23)26/h2-14H,15-16H2,1H3. The Morgan fingerprint density at radius 2 is 1.87 bits per heavy atom. The molecule has 0 radical (unpaired) electrons. The maximum Gasteiger partial charge on any atom is 0.148 e. The predicted octanol–water partition coefficient (Wildman–Crippen LogP) is 7.25. The molecule has 0 saturated heterocycles. The minimum atomic E-state index is -0.284. The monoisotopic (exact) mass is 495 g/mol. The molecule has 0 fully saturated rings. The Morgan fingerprint density at radius 1 is 1.06 bits per heavy atom. The molecule has 4 nitrogen and oxygen atoms in total. The summed E-state index contributed by atoms with van der Waals surface area (Å²) in [5.74, 6) is 5.87. The second kappa shape index (κ2) is 8.45. The molecule has 2 aliphatic heterocycles.